The molecule has 0 saturated carbocycles. The van der Waals surface area contributed by atoms with E-state index in [2.05, 4.69) is 25.5 Å². The molecule has 27 heavy (non-hydrogen) atoms. The molecule has 0 spiro atoms. The van der Waals surface area contributed by atoms with E-state index < -0.39 is 0 Å². The predicted molar refractivity (Wildman–Crippen MR) is 101 cm³/mol. The average Bonchev–Trinajstić information content (AvgIpc) is 3.26. The summed E-state index contributed by atoms with van der Waals surface area (Å²) in [5, 5.41) is 12.6. The number of aryl methyl sites for hydroxylation is 1. The number of carbonyl (C=O) groups excluding carboxylic acids is 1. The minimum Gasteiger partial charge on any atom is -0.354 e. The van der Waals surface area contributed by atoms with E-state index in [-0.39, 0.29) is 5.91 Å². The Morgan fingerprint density at radius 3 is 2.81 bits per heavy atom. The number of hydrogen-bond donors (Lipinski definition) is 1. The molecular formula is C18H16ClN7O. The lowest BCUT2D eigenvalue weighted by Gasteiger charge is -2.07. The number of amides is 1. The smallest absolute Gasteiger partial charge is 0.270 e. The van der Waals surface area contributed by atoms with Crippen LogP contribution in [0.4, 0.5) is 0 Å². The summed E-state index contributed by atoms with van der Waals surface area (Å²) in [6.45, 7) is 2.49. The second-order valence-corrected chi connectivity index (χ2v) is 6.52. The van der Waals surface area contributed by atoms with E-state index in [1.165, 1.54) is 0 Å². The van der Waals surface area contributed by atoms with Gasteiger partial charge < -0.3 is 5.32 Å². The lowest BCUT2D eigenvalue weighted by atomic mass is 10.2. The molecule has 4 heterocycles. The number of nitrogens with one attached hydrogen (secondary N) is 1. The second kappa shape index (κ2) is 6.81. The van der Waals surface area contributed by atoms with Crippen molar-refractivity contribution in [3.05, 3.63) is 65.0 Å². The Hall–Kier alpha value is -3.26. The zero-order chi connectivity index (χ0) is 19.0. The number of pyridine rings is 2. The molecule has 0 aliphatic rings. The number of hydrogen-bond acceptors (Lipinski definition) is 5. The summed E-state index contributed by atoms with van der Waals surface area (Å²) in [5.74, 6) is 0.488. The van der Waals surface area contributed by atoms with Crippen LogP contribution in [0.2, 0.25) is 5.02 Å². The van der Waals surface area contributed by atoms with Crippen LogP contribution in [0.25, 0.3) is 16.7 Å². The first-order valence-electron chi connectivity index (χ1n) is 8.25. The van der Waals surface area contributed by atoms with Crippen LogP contribution >= 0.6 is 11.6 Å². The fourth-order valence-electron chi connectivity index (χ4n) is 2.93. The highest BCUT2D eigenvalue weighted by Gasteiger charge is 2.13. The van der Waals surface area contributed by atoms with Crippen LogP contribution in [-0.4, -0.2) is 42.5 Å². The van der Waals surface area contributed by atoms with Crippen molar-refractivity contribution in [2.45, 2.75) is 13.5 Å². The highest BCUT2D eigenvalue weighted by atomic mass is 35.5. The SMILES string of the molecule is CNC(=O)c1nccc2nn(Cc3cnc(-n4cc(Cl)cn4)c(C)c3)cc12. The van der Waals surface area contributed by atoms with Crippen LogP contribution in [0.1, 0.15) is 21.6 Å². The van der Waals surface area contributed by atoms with Gasteiger partial charge in [-0.15, -0.1) is 0 Å². The summed E-state index contributed by atoms with van der Waals surface area (Å²) in [5.41, 5.74) is 3.03. The predicted octanol–water partition coefficient (Wildman–Crippen LogP) is 2.38. The van der Waals surface area contributed by atoms with Crippen LogP contribution in [0.5, 0.6) is 0 Å². The van der Waals surface area contributed by atoms with Gasteiger partial charge in [-0.3, -0.25) is 14.5 Å². The standard InChI is InChI=1S/C18H16ClN7O/c1-11-5-12(6-22-17(11)26-9-13(19)7-23-26)8-25-10-14-15(24-25)3-4-21-16(14)18(27)20-2/h3-7,9-10H,8H2,1-2H3,(H,20,27). The van der Waals surface area contributed by atoms with Crippen LogP contribution in [-0.2, 0) is 6.54 Å². The minimum absolute atomic E-state index is 0.236. The summed E-state index contributed by atoms with van der Waals surface area (Å²) in [4.78, 5) is 20.6. The molecule has 1 N–H and O–H groups in total. The summed E-state index contributed by atoms with van der Waals surface area (Å²) in [7, 11) is 1.58. The molecule has 0 atom stereocenters. The first kappa shape index (κ1) is 17.2. The van der Waals surface area contributed by atoms with Gasteiger partial charge in [0, 0.05) is 25.6 Å². The normalized spacial score (nSPS) is 11.1. The van der Waals surface area contributed by atoms with Crippen molar-refractivity contribution in [3.8, 4) is 5.82 Å². The van der Waals surface area contributed by atoms with E-state index in [1.54, 1.807) is 47.3 Å². The zero-order valence-corrected chi connectivity index (χ0v) is 15.5. The van der Waals surface area contributed by atoms with Gasteiger partial charge in [0.1, 0.15) is 5.69 Å². The van der Waals surface area contributed by atoms with Crippen molar-refractivity contribution in [2.75, 3.05) is 7.05 Å². The Bertz CT molecular complexity index is 1150. The molecule has 1 amide bonds. The Morgan fingerprint density at radius 2 is 2.11 bits per heavy atom. The molecular weight excluding hydrogens is 366 g/mol. The molecule has 0 saturated heterocycles. The van der Waals surface area contributed by atoms with Crippen molar-refractivity contribution >= 4 is 28.4 Å². The second-order valence-electron chi connectivity index (χ2n) is 6.09. The molecule has 0 fully saturated rings. The maximum Gasteiger partial charge on any atom is 0.270 e. The average molecular weight is 382 g/mol. The number of halogens is 1. The maximum atomic E-state index is 12.0. The molecule has 4 rings (SSSR count). The third kappa shape index (κ3) is 3.26. The van der Waals surface area contributed by atoms with Gasteiger partial charge in [0.15, 0.2) is 5.82 Å². The fourth-order valence-corrected chi connectivity index (χ4v) is 3.07. The number of rotatable bonds is 4. The first-order valence-corrected chi connectivity index (χ1v) is 8.63. The molecule has 0 aromatic carbocycles. The third-order valence-electron chi connectivity index (χ3n) is 4.14. The lowest BCUT2D eigenvalue weighted by Crippen LogP contribution is -2.19. The van der Waals surface area contributed by atoms with Crippen LogP contribution in [0.3, 0.4) is 0 Å². The lowest BCUT2D eigenvalue weighted by molar-refractivity contribution is 0.0960. The van der Waals surface area contributed by atoms with E-state index in [1.807, 2.05) is 19.2 Å². The molecule has 0 aliphatic heterocycles. The molecule has 9 heteroatoms. The highest BCUT2D eigenvalue weighted by Crippen LogP contribution is 2.18. The van der Waals surface area contributed by atoms with Crippen molar-refractivity contribution in [1.29, 1.82) is 0 Å². The number of carbonyl (C=O) groups is 1. The topological polar surface area (TPSA) is 90.5 Å². The zero-order valence-electron chi connectivity index (χ0n) is 14.7. The largest absolute Gasteiger partial charge is 0.354 e. The van der Waals surface area contributed by atoms with Crippen LogP contribution < -0.4 is 5.32 Å². The van der Waals surface area contributed by atoms with E-state index >= 15 is 0 Å². The molecule has 136 valence electrons. The summed E-state index contributed by atoms with van der Waals surface area (Å²) < 4.78 is 3.42. The number of fused-ring (bicyclic) bond motifs is 1. The minimum atomic E-state index is -0.236. The Morgan fingerprint density at radius 1 is 1.26 bits per heavy atom. The number of nitrogens with zero attached hydrogens (tertiary/aromatic N) is 6. The Kier molecular flexibility index (Phi) is 4.33. The molecule has 0 bridgehead atoms. The number of aromatic nitrogens is 6. The van der Waals surface area contributed by atoms with Gasteiger partial charge in [0.25, 0.3) is 5.91 Å². The summed E-state index contributed by atoms with van der Waals surface area (Å²) >= 11 is 5.93. The van der Waals surface area contributed by atoms with Gasteiger partial charge in [-0.1, -0.05) is 11.6 Å². The van der Waals surface area contributed by atoms with Gasteiger partial charge in [0.05, 0.1) is 34.9 Å². The highest BCUT2D eigenvalue weighted by molar-refractivity contribution is 6.30. The molecule has 0 aliphatic carbocycles. The van der Waals surface area contributed by atoms with Gasteiger partial charge in [-0.25, -0.2) is 9.67 Å². The molecule has 8 nitrogen and oxygen atoms in total. The molecule has 0 radical (unpaired) electrons. The maximum absolute atomic E-state index is 12.0. The quantitative estimate of drug-likeness (QED) is 0.586. The Labute approximate surface area is 159 Å². The Balaban J connectivity index is 1.64. The summed E-state index contributed by atoms with van der Waals surface area (Å²) in [6.07, 6.45) is 8.47. The molecule has 0 unspecified atom stereocenters. The molecule has 4 aromatic rings. The fraction of sp³-hybridized carbons (Fsp3) is 0.167. The van der Waals surface area contributed by atoms with Gasteiger partial charge in [-0.2, -0.15) is 10.2 Å². The van der Waals surface area contributed by atoms with Gasteiger partial charge in [-0.05, 0) is 30.2 Å². The van der Waals surface area contributed by atoms with Crippen molar-refractivity contribution in [1.82, 2.24) is 34.8 Å². The summed E-state index contributed by atoms with van der Waals surface area (Å²) in [6, 6.07) is 3.81. The van der Waals surface area contributed by atoms with E-state index in [0.29, 0.717) is 22.6 Å². The van der Waals surface area contributed by atoms with E-state index in [0.717, 1.165) is 22.5 Å². The van der Waals surface area contributed by atoms with Crippen LogP contribution in [0.15, 0.2) is 43.1 Å². The van der Waals surface area contributed by atoms with Crippen molar-refractivity contribution in [3.63, 3.8) is 0 Å². The van der Waals surface area contributed by atoms with Crippen molar-refractivity contribution < 1.29 is 4.79 Å². The van der Waals surface area contributed by atoms with E-state index in [4.69, 9.17) is 11.6 Å². The third-order valence-corrected chi connectivity index (χ3v) is 4.34. The van der Waals surface area contributed by atoms with Crippen LogP contribution in [0, 0.1) is 6.92 Å². The molecule has 4 aromatic heterocycles. The first-order chi connectivity index (χ1) is 13.0. The van der Waals surface area contributed by atoms with Gasteiger partial charge in [0.2, 0.25) is 0 Å². The van der Waals surface area contributed by atoms with E-state index in [9.17, 15) is 4.79 Å². The van der Waals surface area contributed by atoms with Crippen molar-refractivity contribution in [2.24, 2.45) is 0 Å². The van der Waals surface area contributed by atoms with Gasteiger partial charge >= 0.3 is 0 Å². The monoisotopic (exact) mass is 381 g/mol.